The Morgan fingerprint density at radius 3 is 2.60 bits per heavy atom. The van der Waals surface area contributed by atoms with Crippen LogP contribution in [0.1, 0.15) is 38.7 Å². The van der Waals surface area contributed by atoms with Crippen LogP contribution in [0.3, 0.4) is 0 Å². The molecule has 0 aromatic heterocycles. The molecule has 20 heavy (non-hydrogen) atoms. The van der Waals surface area contributed by atoms with E-state index in [2.05, 4.69) is 29.6 Å². The summed E-state index contributed by atoms with van der Waals surface area (Å²) >= 11 is 0. The molecule has 110 valence electrons. The van der Waals surface area contributed by atoms with Gasteiger partial charge in [-0.3, -0.25) is 0 Å². The van der Waals surface area contributed by atoms with Gasteiger partial charge in [-0.1, -0.05) is 12.1 Å². The Kier molecular flexibility index (Phi) is 4.27. The maximum absolute atomic E-state index is 5.86. The number of nitrogens with one attached hydrogen (secondary N) is 1. The van der Waals surface area contributed by atoms with Crippen molar-refractivity contribution in [3.05, 3.63) is 29.8 Å². The van der Waals surface area contributed by atoms with Gasteiger partial charge in [-0.05, 0) is 56.7 Å². The van der Waals surface area contributed by atoms with Gasteiger partial charge in [0.2, 0.25) is 0 Å². The first-order chi connectivity index (χ1) is 9.72. The minimum atomic E-state index is 0.230. The van der Waals surface area contributed by atoms with Gasteiger partial charge in [0.05, 0.1) is 12.2 Å². The summed E-state index contributed by atoms with van der Waals surface area (Å²) in [5.41, 5.74) is 1.31. The average Bonchev–Trinajstić information content (AvgIpc) is 3.16. The molecule has 1 aliphatic carbocycles. The van der Waals surface area contributed by atoms with Crippen molar-refractivity contribution >= 4 is 0 Å². The van der Waals surface area contributed by atoms with Crippen molar-refractivity contribution in [3.8, 4) is 5.75 Å². The van der Waals surface area contributed by atoms with Crippen LogP contribution < -0.4 is 10.1 Å². The van der Waals surface area contributed by atoms with Crippen LogP contribution in [0, 0.1) is 5.92 Å². The van der Waals surface area contributed by atoms with Gasteiger partial charge in [0, 0.05) is 19.2 Å². The van der Waals surface area contributed by atoms with E-state index in [1.54, 1.807) is 0 Å². The molecular formula is C17H25NO2. The van der Waals surface area contributed by atoms with Crippen LogP contribution in [0.15, 0.2) is 24.3 Å². The number of ether oxygens (including phenoxy) is 2. The van der Waals surface area contributed by atoms with Crippen molar-refractivity contribution < 1.29 is 9.47 Å². The molecule has 1 aromatic rings. The van der Waals surface area contributed by atoms with Gasteiger partial charge in [0.1, 0.15) is 5.75 Å². The number of rotatable bonds is 6. The summed E-state index contributed by atoms with van der Waals surface area (Å²) in [5, 5.41) is 3.66. The first-order valence-corrected chi connectivity index (χ1v) is 7.83. The van der Waals surface area contributed by atoms with E-state index in [0.717, 1.165) is 31.2 Å². The SMILES string of the molecule is CC(C)Oc1ccc(CNC2CCOC2C2CC2)cc1. The van der Waals surface area contributed by atoms with Crippen LogP contribution in [0.5, 0.6) is 5.75 Å². The van der Waals surface area contributed by atoms with Crippen LogP contribution >= 0.6 is 0 Å². The summed E-state index contributed by atoms with van der Waals surface area (Å²) < 4.78 is 11.5. The highest BCUT2D eigenvalue weighted by Gasteiger charge is 2.40. The predicted molar refractivity (Wildman–Crippen MR) is 79.9 cm³/mol. The molecule has 1 saturated heterocycles. The fourth-order valence-corrected chi connectivity index (χ4v) is 2.93. The Hall–Kier alpha value is -1.06. The topological polar surface area (TPSA) is 30.5 Å². The first-order valence-electron chi connectivity index (χ1n) is 7.83. The highest BCUT2D eigenvalue weighted by atomic mass is 16.5. The van der Waals surface area contributed by atoms with Crippen LogP contribution in [-0.2, 0) is 11.3 Å². The third kappa shape index (κ3) is 3.53. The molecule has 1 saturated carbocycles. The molecule has 0 bridgehead atoms. The third-order valence-electron chi connectivity index (χ3n) is 4.09. The van der Waals surface area contributed by atoms with Crippen molar-refractivity contribution in [3.63, 3.8) is 0 Å². The lowest BCUT2D eigenvalue weighted by Crippen LogP contribution is -2.37. The second-order valence-corrected chi connectivity index (χ2v) is 6.26. The predicted octanol–water partition coefficient (Wildman–Crippen LogP) is 3.13. The summed E-state index contributed by atoms with van der Waals surface area (Å²) in [5.74, 6) is 1.76. The highest BCUT2D eigenvalue weighted by Crippen LogP contribution is 2.38. The van der Waals surface area contributed by atoms with Gasteiger partial charge in [0.15, 0.2) is 0 Å². The van der Waals surface area contributed by atoms with Crippen LogP contribution in [0.25, 0.3) is 0 Å². The maximum atomic E-state index is 5.86. The van der Waals surface area contributed by atoms with Crippen molar-refractivity contribution in [2.45, 2.75) is 57.9 Å². The summed E-state index contributed by atoms with van der Waals surface area (Å²) in [6.45, 7) is 5.93. The maximum Gasteiger partial charge on any atom is 0.119 e. The van der Waals surface area contributed by atoms with Gasteiger partial charge >= 0.3 is 0 Å². The van der Waals surface area contributed by atoms with Gasteiger partial charge < -0.3 is 14.8 Å². The van der Waals surface area contributed by atoms with Crippen LogP contribution in [0.4, 0.5) is 0 Å². The van der Waals surface area contributed by atoms with E-state index < -0.39 is 0 Å². The van der Waals surface area contributed by atoms with E-state index in [4.69, 9.17) is 9.47 Å². The zero-order chi connectivity index (χ0) is 13.9. The first kappa shape index (κ1) is 13.9. The van der Waals surface area contributed by atoms with Crippen molar-refractivity contribution in [1.82, 2.24) is 5.32 Å². The van der Waals surface area contributed by atoms with E-state index >= 15 is 0 Å². The molecule has 0 spiro atoms. The largest absolute Gasteiger partial charge is 0.491 e. The van der Waals surface area contributed by atoms with Crippen molar-refractivity contribution in [2.75, 3.05) is 6.61 Å². The second-order valence-electron chi connectivity index (χ2n) is 6.26. The molecule has 3 nitrogen and oxygen atoms in total. The van der Waals surface area contributed by atoms with E-state index in [-0.39, 0.29) is 6.10 Å². The van der Waals surface area contributed by atoms with Gasteiger partial charge in [0.25, 0.3) is 0 Å². The van der Waals surface area contributed by atoms with E-state index in [1.807, 2.05) is 13.8 Å². The zero-order valence-corrected chi connectivity index (χ0v) is 12.5. The summed E-state index contributed by atoms with van der Waals surface area (Å²) in [6, 6.07) is 8.94. The Balaban J connectivity index is 1.50. The summed E-state index contributed by atoms with van der Waals surface area (Å²) in [7, 11) is 0. The molecule has 0 amide bonds. The highest BCUT2D eigenvalue weighted by molar-refractivity contribution is 5.27. The van der Waals surface area contributed by atoms with Crippen LogP contribution in [-0.4, -0.2) is 24.9 Å². The minimum Gasteiger partial charge on any atom is -0.491 e. The van der Waals surface area contributed by atoms with Gasteiger partial charge in [-0.2, -0.15) is 0 Å². The Bertz CT molecular complexity index is 425. The van der Waals surface area contributed by atoms with Crippen molar-refractivity contribution in [2.24, 2.45) is 5.92 Å². The smallest absolute Gasteiger partial charge is 0.119 e. The molecule has 1 aromatic carbocycles. The normalized spacial score (nSPS) is 26.1. The van der Waals surface area contributed by atoms with E-state index in [0.29, 0.717) is 12.1 Å². The molecule has 2 fully saturated rings. The minimum absolute atomic E-state index is 0.230. The zero-order valence-electron chi connectivity index (χ0n) is 12.5. The monoisotopic (exact) mass is 275 g/mol. The molecule has 2 aliphatic rings. The lowest BCUT2D eigenvalue weighted by atomic mass is 10.1. The molecule has 3 rings (SSSR count). The van der Waals surface area contributed by atoms with E-state index in [1.165, 1.54) is 18.4 Å². The molecule has 0 radical (unpaired) electrons. The molecular weight excluding hydrogens is 250 g/mol. The van der Waals surface area contributed by atoms with E-state index in [9.17, 15) is 0 Å². The lowest BCUT2D eigenvalue weighted by Gasteiger charge is -2.19. The second kappa shape index (κ2) is 6.15. The Labute approximate surface area is 121 Å². The van der Waals surface area contributed by atoms with Gasteiger partial charge in [-0.15, -0.1) is 0 Å². The summed E-state index contributed by atoms with van der Waals surface area (Å²) in [6.07, 6.45) is 4.54. The number of benzene rings is 1. The van der Waals surface area contributed by atoms with Crippen LogP contribution in [0.2, 0.25) is 0 Å². The Morgan fingerprint density at radius 2 is 1.95 bits per heavy atom. The number of hydrogen-bond acceptors (Lipinski definition) is 3. The molecule has 2 atom stereocenters. The average molecular weight is 275 g/mol. The molecule has 2 unspecified atom stereocenters. The summed E-state index contributed by atoms with van der Waals surface area (Å²) in [4.78, 5) is 0. The van der Waals surface area contributed by atoms with Crippen molar-refractivity contribution in [1.29, 1.82) is 0 Å². The molecule has 3 heteroatoms. The third-order valence-corrected chi connectivity index (χ3v) is 4.09. The molecule has 1 N–H and O–H groups in total. The number of hydrogen-bond donors (Lipinski definition) is 1. The standard InChI is InChI=1S/C17H25NO2/c1-12(2)20-15-7-3-13(4-8-15)11-18-16-9-10-19-17(16)14-5-6-14/h3-4,7-8,12,14,16-18H,5-6,9-11H2,1-2H3. The lowest BCUT2D eigenvalue weighted by molar-refractivity contribution is 0.0809. The molecule has 1 aliphatic heterocycles. The van der Waals surface area contributed by atoms with Gasteiger partial charge in [-0.25, -0.2) is 0 Å². The fourth-order valence-electron chi connectivity index (χ4n) is 2.93. The molecule has 1 heterocycles. The fraction of sp³-hybridized carbons (Fsp3) is 0.647. The quantitative estimate of drug-likeness (QED) is 0.865. The Morgan fingerprint density at radius 1 is 1.20 bits per heavy atom.